The fourth-order valence-corrected chi connectivity index (χ4v) is 2.43. The minimum atomic E-state index is -0.766. The Morgan fingerprint density at radius 1 is 1.11 bits per heavy atom. The number of nitrogens with zero attached hydrogens (tertiary/aromatic N) is 1. The number of amides is 2. The molecule has 0 aliphatic heterocycles. The maximum Gasteiger partial charge on any atom is 0.338 e. The van der Waals surface area contributed by atoms with E-state index in [1.807, 2.05) is 0 Å². The molecule has 0 aliphatic carbocycles. The second-order valence-electron chi connectivity index (χ2n) is 6.04. The van der Waals surface area contributed by atoms with Crippen LogP contribution in [0.5, 0.6) is 0 Å². The summed E-state index contributed by atoms with van der Waals surface area (Å²) in [5, 5.41) is 16.1. The first-order chi connectivity index (χ1) is 13.2. The highest BCUT2D eigenvalue weighted by Gasteiger charge is 2.20. The van der Waals surface area contributed by atoms with E-state index in [1.165, 1.54) is 25.1 Å². The zero-order valence-electron chi connectivity index (χ0n) is 15.6. The first-order valence-corrected chi connectivity index (χ1v) is 8.28. The lowest BCUT2D eigenvalue weighted by Gasteiger charge is -2.11. The van der Waals surface area contributed by atoms with Crippen molar-refractivity contribution in [2.45, 2.75) is 20.8 Å². The van der Waals surface area contributed by atoms with Crippen molar-refractivity contribution in [3.8, 4) is 0 Å². The van der Waals surface area contributed by atoms with E-state index in [0.29, 0.717) is 11.3 Å². The molecule has 2 aromatic carbocycles. The number of carbonyl (C=O) groups excluding carboxylic acids is 3. The molecule has 28 heavy (non-hydrogen) atoms. The van der Waals surface area contributed by atoms with Gasteiger partial charge < -0.3 is 15.4 Å². The van der Waals surface area contributed by atoms with Gasteiger partial charge in [0, 0.05) is 18.7 Å². The van der Waals surface area contributed by atoms with E-state index < -0.39 is 23.4 Å². The minimum Gasteiger partial charge on any atom is -0.452 e. The summed E-state index contributed by atoms with van der Waals surface area (Å²) in [5.74, 6) is -1.76. The summed E-state index contributed by atoms with van der Waals surface area (Å²) in [6.45, 7) is 4.13. The third-order valence-electron chi connectivity index (χ3n) is 3.93. The fourth-order valence-electron chi connectivity index (χ4n) is 2.43. The molecule has 2 amide bonds. The van der Waals surface area contributed by atoms with E-state index >= 15 is 0 Å². The topological polar surface area (TPSA) is 128 Å². The quantitative estimate of drug-likeness (QED) is 0.447. The number of aryl methyl sites for hydroxylation is 1. The zero-order valence-corrected chi connectivity index (χ0v) is 15.6. The number of hydrogen-bond acceptors (Lipinski definition) is 6. The molecule has 2 N–H and O–H groups in total. The van der Waals surface area contributed by atoms with Crippen LogP contribution >= 0.6 is 0 Å². The number of hydrogen-bond donors (Lipinski definition) is 2. The highest BCUT2D eigenvalue weighted by atomic mass is 16.6. The van der Waals surface area contributed by atoms with Crippen molar-refractivity contribution < 1.29 is 24.0 Å². The Balaban J connectivity index is 2.05. The zero-order chi connectivity index (χ0) is 20.8. The Kier molecular flexibility index (Phi) is 6.43. The molecular weight excluding hydrogens is 366 g/mol. The molecule has 0 radical (unpaired) electrons. The molecule has 9 heteroatoms. The minimum absolute atomic E-state index is 0.0682. The monoisotopic (exact) mass is 385 g/mol. The van der Waals surface area contributed by atoms with Gasteiger partial charge in [-0.1, -0.05) is 12.1 Å². The van der Waals surface area contributed by atoms with Crippen LogP contribution in [-0.2, 0) is 14.3 Å². The standard InChI is InChI=1S/C19H19N3O6/c1-11-7-8-16(22(26)27)18(12(11)2)21-17(24)10-28-19(25)14-5-4-6-15(9-14)20-13(3)23/h4-9H,10H2,1-3H3,(H,20,23)(H,21,24). The van der Waals surface area contributed by atoms with Crippen LogP contribution in [0.1, 0.15) is 28.4 Å². The summed E-state index contributed by atoms with van der Waals surface area (Å²) in [6, 6.07) is 8.94. The summed E-state index contributed by atoms with van der Waals surface area (Å²) < 4.78 is 4.96. The maximum absolute atomic E-state index is 12.1. The molecule has 0 aliphatic rings. The van der Waals surface area contributed by atoms with Crippen molar-refractivity contribution >= 4 is 34.8 Å². The van der Waals surface area contributed by atoms with E-state index in [2.05, 4.69) is 10.6 Å². The summed E-state index contributed by atoms with van der Waals surface area (Å²) in [4.78, 5) is 45.9. The SMILES string of the molecule is CC(=O)Nc1cccc(C(=O)OCC(=O)Nc2c([N+](=O)[O-])ccc(C)c2C)c1. The van der Waals surface area contributed by atoms with Crippen molar-refractivity contribution in [2.24, 2.45) is 0 Å². The van der Waals surface area contributed by atoms with Crippen molar-refractivity contribution in [2.75, 3.05) is 17.2 Å². The predicted molar refractivity (Wildman–Crippen MR) is 102 cm³/mol. The van der Waals surface area contributed by atoms with E-state index in [9.17, 15) is 24.5 Å². The van der Waals surface area contributed by atoms with Crippen LogP contribution in [0.15, 0.2) is 36.4 Å². The summed E-state index contributed by atoms with van der Waals surface area (Å²) in [5.41, 5.74) is 1.71. The first kappa shape index (κ1) is 20.6. The summed E-state index contributed by atoms with van der Waals surface area (Å²) in [7, 11) is 0. The lowest BCUT2D eigenvalue weighted by Crippen LogP contribution is -2.22. The van der Waals surface area contributed by atoms with Crippen LogP contribution in [0.2, 0.25) is 0 Å². The van der Waals surface area contributed by atoms with Crippen molar-refractivity contribution in [3.05, 3.63) is 63.2 Å². The van der Waals surface area contributed by atoms with E-state index in [1.54, 1.807) is 32.0 Å². The second-order valence-corrected chi connectivity index (χ2v) is 6.04. The largest absolute Gasteiger partial charge is 0.452 e. The predicted octanol–water partition coefficient (Wildman–Crippen LogP) is 2.97. The van der Waals surface area contributed by atoms with Gasteiger partial charge in [0.15, 0.2) is 6.61 Å². The number of anilines is 2. The Morgan fingerprint density at radius 2 is 1.82 bits per heavy atom. The number of nitrogens with one attached hydrogen (secondary N) is 2. The number of esters is 1. The van der Waals surface area contributed by atoms with Crippen LogP contribution in [0.3, 0.4) is 0 Å². The van der Waals surface area contributed by atoms with Crippen LogP contribution in [0.4, 0.5) is 17.1 Å². The van der Waals surface area contributed by atoms with Gasteiger partial charge in [0.1, 0.15) is 5.69 Å². The third-order valence-corrected chi connectivity index (χ3v) is 3.93. The second kappa shape index (κ2) is 8.76. The normalized spacial score (nSPS) is 10.1. The van der Waals surface area contributed by atoms with Crippen molar-refractivity contribution in [3.63, 3.8) is 0 Å². The molecule has 9 nitrogen and oxygen atoms in total. The first-order valence-electron chi connectivity index (χ1n) is 8.28. The lowest BCUT2D eigenvalue weighted by molar-refractivity contribution is -0.384. The van der Waals surface area contributed by atoms with Crippen LogP contribution in [-0.4, -0.2) is 29.3 Å². The van der Waals surface area contributed by atoms with Crippen molar-refractivity contribution in [1.29, 1.82) is 0 Å². The van der Waals surface area contributed by atoms with Gasteiger partial charge >= 0.3 is 5.97 Å². The Morgan fingerprint density at radius 3 is 2.46 bits per heavy atom. The van der Waals surface area contributed by atoms with E-state index in [0.717, 1.165) is 5.56 Å². The number of ether oxygens (including phenoxy) is 1. The van der Waals surface area contributed by atoms with Gasteiger partial charge in [-0.05, 0) is 43.2 Å². The molecule has 0 atom stereocenters. The molecule has 0 fully saturated rings. The highest BCUT2D eigenvalue weighted by Crippen LogP contribution is 2.30. The molecule has 0 saturated heterocycles. The molecule has 0 saturated carbocycles. The summed E-state index contributed by atoms with van der Waals surface area (Å²) >= 11 is 0. The Hall–Kier alpha value is -3.75. The molecule has 2 aromatic rings. The molecule has 0 bridgehead atoms. The highest BCUT2D eigenvalue weighted by molar-refractivity contribution is 5.98. The van der Waals surface area contributed by atoms with Gasteiger partial charge in [0.25, 0.3) is 11.6 Å². The molecule has 2 rings (SSSR count). The van der Waals surface area contributed by atoms with Gasteiger partial charge in [-0.15, -0.1) is 0 Å². The average molecular weight is 385 g/mol. The molecule has 146 valence electrons. The molecule has 0 aromatic heterocycles. The molecule has 0 heterocycles. The number of benzene rings is 2. The number of nitro groups is 1. The fraction of sp³-hybridized carbons (Fsp3) is 0.211. The Labute approximate surface area is 160 Å². The molecular formula is C19H19N3O6. The third kappa shape index (κ3) is 5.13. The van der Waals surface area contributed by atoms with E-state index in [-0.39, 0.29) is 22.8 Å². The number of rotatable bonds is 6. The number of carbonyl (C=O) groups is 3. The summed E-state index contributed by atoms with van der Waals surface area (Å²) in [6.07, 6.45) is 0. The number of nitro benzene ring substituents is 1. The van der Waals surface area contributed by atoms with Gasteiger partial charge in [-0.25, -0.2) is 4.79 Å². The average Bonchev–Trinajstić information content (AvgIpc) is 2.63. The van der Waals surface area contributed by atoms with Gasteiger partial charge in [-0.3, -0.25) is 19.7 Å². The maximum atomic E-state index is 12.1. The van der Waals surface area contributed by atoms with Crippen LogP contribution in [0, 0.1) is 24.0 Å². The smallest absolute Gasteiger partial charge is 0.338 e. The van der Waals surface area contributed by atoms with E-state index in [4.69, 9.17) is 4.74 Å². The van der Waals surface area contributed by atoms with Gasteiger partial charge in [0.2, 0.25) is 5.91 Å². The van der Waals surface area contributed by atoms with Crippen molar-refractivity contribution in [1.82, 2.24) is 0 Å². The molecule has 0 spiro atoms. The van der Waals surface area contributed by atoms with Gasteiger partial charge in [-0.2, -0.15) is 0 Å². The Bertz CT molecular complexity index is 955. The lowest BCUT2D eigenvalue weighted by atomic mass is 10.1. The van der Waals surface area contributed by atoms with Gasteiger partial charge in [0.05, 0.1) is 10.5 Å². The molecule has 0 unspecified atom stereocenters. The van der Waals surface area contributed by atoms with Crippen LogP contribution in [0.25, 0.3) is 0 Å². The van der Waals surface area contributed by atoms with Crippen LogP contribution < -0.4 is 10.6 Å².